The summed E-state index contributed by atoms with van der Waals surface area (Å²) in [5, 5.41) is 12.6. The normalized spacial score (nSPS) is 23.1. The fourth-order valence-electron chi connectivity index (χ4n) is 5.17. The number of nitrogens with one attached hydrogen (secondary N) is 1. The summed E-state index contributed by atoms with van der Waals surface area (Å²) >= 11 is 0. The molecule has 4 amide bonds. The van der Waals surface area contributed by atoms with Crippen molar-refractivity contribution in [2.24, 2.45) is 0 Å². The minimum atomic E-state index is -1.25. The molecule has 2 atom stereocenters. The summed E-state index contributed by atoms with van der Waals surface area (Å²) in [4.78, 5) is 55.1. The Labute approximate surface area is 217 Å². The Balaban J connectivity index is 1.25. The summed E-state index contributed by atoms with van der Waals surface area (Å²) in [5.74, 6) is -1.13. The van der Waals surface area contributed by atoms with Crippen molar-refractivity contribution in [3.63, 3.8) is 0 Å². The molecule has 0 radical (unpaired) electrons. The number of amides is 4. The maximum atomic E-state index is 13.0. The predicted molar refractivity (Wildman–Crippen MR) is 136 cm³/mol. The maximum Gasteiger partial charge on any atom is 0.410 e. The minimum Gasteiger partial charge on any atom is -0.444 e. The fourth-order valence-corrected chi connectivity index (χ4v) is 5.17. The van der Waals surface area contributed by atoms with E-state index in [1.165, 1.54) is 0 Å². The van der Waals surface area contributed by atoms with Gasteiger partial charge in [-0.05, 0) is 83.7 Å². The summed E-state index contributed by atoms with van der Waals surface area (Å²) in [5.41, 5.74) is 1.20. The number of carbonyl (C=O) groups excluding carboxylic acids is 4. The van der Waals surface area contributed by atoms with Gasteiger partial charge in [-0.3, -0.25) is 19.3 Å². The Morgan fingerprint density at radius 1 is 1.05 bits per heavy atom. The predicted octanol–water partition coefficient (Wildman–Crippen LogP) is 2.15. The number of aliphatic hydroxyl groups excluding tert-OH is 1. The number of aliphatic hydroxyl groups is 1. The van der Waals surface area contributed by atoms with Gasteiger partial charge in [0.05, 0.1) is 17.2 Å². The van der Waals surface area contributed by atoms with Crippen LogP contribution < -0.4 is 5.32 Å². The number of imide groups is 1. The molecule has 2 N–H and O–H groups in total. The number of hydrogen-bond acceptors (Lipinski definition) is 7. The molecule has 1 aromatic rings. The van der Waals surface area contributed by atoms with Crippen molar-refractivity contribution in [2.75, 3.05) is 32.7 Å². The van der Waals surface area contributed by atoms with Gasteiger partial charge < -0.3 is 25.0 Å². The minimum absolute atomic E-state index is 0.163. The Morgan fingerprint density at radius 3 is 2.54 bits per heavy atom. The van der Waals surface area contributed by atoms with Gasteiger partial charge in [0.1, 0.15) is 11.8 Å². The second kappa shape index (κ2) is 11.2. The van der Waals surface area contributed by atoms with E-state index in [2.05, 4.69) is 10.2 Å². The second-order valence-corrected chi connectivity index (χ2v) is 11.1. The highest BCUT2D eigenvalue weighted by Gasteiger charge is 2.44. The highest BCUT2D eigenvalue weighted by atomic mass is 16.6. The molecule has 0 aliphatic carbocycles. The van der Waals surface area contributed by atoms with E-state index in [4.69, 9.17) is 4.74 Å². The molecule has 0 saturated carbocycles. The van der Waals surface area contributed by atoms with Gasteiger partial charge in [0.25, 0.3) is 11.8 Å². The summed E-state index contributed by atoms with van der Waals surface area (Å²) in [6.45, 7) is 9.69. The molecule has 37 heavy (non-hydrogen) atoms. The summed E-state index contributed by atoms with van der Waals surface area (Å²) in [7, 11) is 0. The fraction of sp³-hybridized carbons (Fsp3) is 0.630. The van der Waals surface area contributed by atoms with Crippen LogP contribution in [0.2, 0.25) is 0 Å². The van der Waals surface area contributed by atoms with Gasteiger partial charge in [-0.2, -0.15) is 0 Å². The molecule has 2 saturated heterocycles. The lowest BCUT2D eigenvalue weighted by atomic mass is 10.0. The van der Waals surface area contributed by atoms with Crippen LogP contribution in [0.25, 0.3) is 0 Å². The summed E-state index contributed by atoms with van der Waals surface area (Å²) in [6, 6.07) is 4.61. The van der Waals surface area contributed by atoms with Crippen LogP contribution in [0.15, 0.2) is 18.2 Å². The highest BCUT2D eigenvalue weighted by molar-refractivity contribution is 6.21. The quantitative estimate of drug-likeness (QED) is 0.441. The van der Waals surface area contributed by atoms with E-state index in [-0.39, 0.29) is 24.8 Å². The Hall–Kier alpha value is -2.98. The molecule has 2 unspecified atom stereocenters. The highest BCUT2D eigenvalue weighted by Crippen LogP contribution is 2.29. The average molecular weight is 515 g/mol. The van der Waals surface area contributed by atoms with E-state index >= 15 is 0 Å². The van der Waals surface area contributed by atoms with Gasteiger partial charge in [0.2, 0.25) is 5.91 Å². The molecule has 4 rings (SSSR count). The number of rotatable bonds is 6. The molecule has 1 aromatic carbocycles. The summed E-state index contributed by atoms with van der Waals surface area (Å²) < 4.78 is 5.50. The Kier molecular flexibility index (Phi) is 8.18. The van der Waals surface area contributed by atoms with E-state index in [1.807, 2.05) is 26.8 Å². The van der Waals surface area contributed by atoms with Gasteiger partial charge in [-0.25, -0.2) is 4.79 Å². The van der Waals surface area contributed by atoms with Crippen molar-refractivity contribution < 1.29 is 29.0 Å². The third-order valence-electron chi connectivity index (χ3n) is 7.08. The van der Waals surface area contributed by atoms with Crippen molar-refractivity contribution in [1.29, 1.82) is 0 Å². The van der Waals surface area contributed by atoms with Gasteiger partial charge in [0, 0.05) is 26.1 Å². The summed E-state index contributed by atoms with van der Waals surface area (Å²) in [6.07, 6.45) is 2.53. The van der Waals surface area contributed by atoms with Crippen LogP contribution in [-0.4, -0.2) is 94.2 Å². The zero-order valence-electron chi connectivity index (χ0n) is 22.0. The maximum absolute atomic E-state index is 13.0. The van der Waals surface area contributed by atoms with Crippen LogP contribution in [0.3, 0.4) is 0 Å². The van der Waals surface area contributed by atoms with Crippen molar-refractivity contribution in [2.45, 2.75) is 77.2 Å². The molecule has 3 heterocycles. The first-order chi connectivity index (χ1) is 17.5. The topological polar surface area (TPSA) is 119 Å². The third kappa shape index (κ3) is 6.48. The molecule has 0 bridgehead atoms. The second-order valence-electron chi connectivity index (χ2n) is 11.1. The van der Waals surface area contributed by atoms with Crippen molar-refractivity contribution in [1.82, 2.24) is 20.0 Å². The van der Waals surface area contributed by atoms with Crippen molar-refractivity contribution in [3.05, 3.63) is 34.9 Å². The van der Waals surface area contributed by atoms with E-state index in [0.29, 0.717) is 24.2 Å². The molecule has 3 aliphatic rings. The molecule has 0 aromatic heterocycles. The number of piperidine rings is 1. The number of hydrogen-bond donors (Lipinski definition) is 2. The number of ether oxygens (including phenoxy) is 1. The number of carbonyl (C=O) groups is 4. The van der Waals surface area contributed by atoms with Gasteiger partial charge in [0.15, 0.2) is 0 Å². The molecular weight excluding hydrogens is 476 g/mol. The first-order valence-electron chi connectivity index (χ1n) is 13.2. The van der Waals surface area contributed by atoms with Crippen molar-refractivity contribution >= 4 is 23.8 Å². The largest absolute Gasteiger partial charge is 0.444 e. The molecule has 10 heteroatoms. The van der Waals surface area contributed by atoms with E-state index in [1.54, 1.807) is 17.0 Å². The molecule has 202 valence electrons. The van der Waals surface area contributed by atoms with E-state index in [0.717, 1.165) is 55.8 Å². The van der Waals surface area contributed by atoms with Crippen LogP contribution in [0, 0.1) is 0 Å². The van der Waals surface area contributed by atoms with E-state index in [9.17, 15) is 24.3 Å². The van der Waals surface area contributed by atoms with Gasteiger partial charge >= 0.3 is 6.09 Å². The Bertz CT molecular complexity index is 1050. The molecule has 0 spiro atoms. The number of fused-ring (bicyclic) bond motifs is 1. The number of aryl methyl sites for hydroxylation is 1. The molecular formula is C27H38N4O6. The smallest absolute Gasteiger partial charge is 0.410 e. The van der Waals surface area contributed by atoms with Crippen LogP contribution in [0.1, 0.15) is 79.2 Å². The SMILES string of the molecule is CC(C)(C)OC(=O)N1CCCN(CCCCc2ccc3c(c2)C(=O)N(C2CCC(=O)NC2O)C3=O)CC1. The first kappa shape index (κ1) is 27.1. The average Bonchev–Trinajstić information content (AvgIpc) is 2.97. The van der Waals surface area contributed by atoms with Crippen LogP contribution in [0.4, 0.5) is 4.79 Å². The number of unbranched alkanes of at least 4 members (excludes halogenated alkanes) is 1. The van der Waals surface area contributed by atoms with Crippen molar-refractivity contribution in [3.8, 4) is 0 Å². The number of nitrogens with zero attached hydrogens (tertiary/aromatic N) is 3. The lowest BCUT2D eigenvalue weighted by molar-refractivity contribution is -0.129. The lowest BCUT2D eigenvalue weighted by Crippen LogP contribution is -2.57. The van der Waals surface area contributed by atoms with Gasteiger partial charge in [-0.1, -0.05) is 6.07 Å². The molecule has 10 nitrogen and oxygen atoms in total. The monoisotopic (exact) mass is 514 g/mol. The molecule has 2 fully saturated rings. The van der Waals surface area contributed by atoms with E-state index < -0.39 is 29.7 Å². The zero-order valence-corrected chi connectivity index (χ0v) is 22.0. The third-order valence-corrected chi connectivity index (χ3v) is 7.08. The standard InChI is InChI=1S/C27H38N4O6/c1-27(2,3)37-26(36)30-14-6-13-29(15-16-30)12-5-4-7-18-8-9-19-20(17-18)25(35)31(24(19)34)21-10-11-22(32)28-23(21)33/h8-9,17,21,23,33H,4-7,10-16H2,1-3H3,(H,28,32). The Morgan fingerprint density at radius 2 is 1.81 bits per heavy atom. The molecule has 3 aliphatic heterocycles. The lowest BCUT2D eigenvalue weighted by Gasteiger charge is -2.33. The van der Waals surface area contributed by atoms with Crippen LogP contribution in [0.5, 0.6) is 0 Å². The van der Waals surface area contributed by atoms with Crippen LogP contribution in [-0.2, 0) is 16.0 Å². The van der Waals surface area contributed by atoms with Crippen LogP contribution >= 0.6 is 0 Å². The number of benzene rings is 1. The first-order valence-corrected chi connectivity index (χ1v) is 13.2. The van der Waals surface area contributed by atoms with Gasteiger partial charge in [-0.15, -0.1) is 0 Å². The zero-order chi connectivity index (χ0) is 26.7.